The third kappa shape index (κ3) is 4.36. The first-order chi connectivity index (χ1) is 10.1. The summed E-state index contributed by atoms with van der Waals surface area (Å²) in [6, 6.07) is 8.56. The van der Waals surface area contributed by atoms with E-state index in [0.29, 0.717) is 17.3 Å². The molecule has 0 aliphatic carbocycles. The fourth-order valence-electron chi connectivity index (χ4n) is 1.78. The molecule has 110 valence electrons. The summed E-state index contributed by atoms with van der Waals surface area (Å²) < 4.78 is 5.26. The number of rotatable bonds is 5. The van der Waals surface area contributed by atoms with E-state index in [1.165, 1.54) is 12.3 Å². The van der Waals surface area contributed by atoms with Gasteiger partial charge < -0.3 is 15.0 Å². The first-order valence-corrected chi connectivity index (χ1v) is 6.76. The van der Waals surface area contributed by atoms with Crippen LogP contribution in [0.15, 0.2) is 41.3 Å². The van der Waals surface area contributed by atoms with Gasteiger partial charge in [0, 0.05) is 23.8 Å². The van der Waals surface area contributed by atoms with Gasteiger partial charge in [0.25, 0.3) is 5.91 Å². The topological polar surface area (TPSA) is 71.2 Å². The minimum Gasteiger partial charge on any atom is -0.478 e. The maximum atomic E-state index is 11.7. The fourth-order valence-corrected chi connectivity index (χ4v) is 2.00. The van der Waals surface area contributed by atoms with Crippen LogP contribution in [-0.4, -0.2) is 17.5 Å². The van der Waals surface area contributed by atoms with Crippen LogP contribution in [0.2, 0.25) is 5.02 Å². The number of aromatic amines is 1. The van der Waals surface area contributed by atoms with E-state index in [4.69, 9.17) is 16.3 Å². The molecule has 1 amide bonds. The second-order valence-electron chi connectivity index (χ2n) is 4.49. The Balaban J connectivity index is 1.87. The number of aryl methyl sites for hydroxylation is 1. The Labute approximate surface area is 126 Å². The molecule has 1 aromatic heterocycles. The molecule has 1 heterocycles. The van der Waals surface area contributed by atoms with Crippen molar-refractivity contribution < 1.29 is 9.53 Å². The summed E-state index contributed by atoms with van der Waals surface area (Å²) in [4.78, 5) is 26.2. The number of carbonyl (C=O) groups is 1. The highest BCUT2D eigenvalue weighted by Gasteiger charge is 2.08. The Morgan fingerprint density at radius 3 is 2.90 bits per heavy atom. The first-order valence-electron chi connectivity index (χ1n) is 6.38. The maximum Gasteiger partial charge on any atom is 0.258 e. The van der Waals surface area contributed by atoms with Crippen LogP contribution in [0.4, 0.5) is 0 Å². The molecular weight excluding hydrogens is 292 g/mol. The minimum absolute atomic E-state index is 0.162. The second kappa shape index (κ2) is 6.95. The highest BCUT2D eigenvalue weighted by molar-refractivity contribution is 6.30. The number of ether oxygens (including phenoxy) is 1. The van der Waals surface area contributed by atoms with Crippen LogP contribution in [0.1, 0.15) is 11.3 Å². The standard InChI is InChI=1S/C15H15ClN2O3/c1-10-15(13(19)5-6-17-10)21-9-14(20)18-8-11-3-2-4-12(16)7-11/h2-7H,8-9H2,1H3,(H,17,19)(H,18,20). The lowest BCUT2D eigenvalue weighted by Crippen LogP contribution is -2.29. The first kappa shape index (κ1) is 15.1. The van der Waals surface area contributed by atoms with E-state index in [1.54, 1.807) is 19.1 Å². The molecule has 2 aromatic rings. The SMILES string of the molecule is Cc1[nH]ccc(=O)c1OCC(=O)NCc1cccc(Cl)c1. The van der Waals surface area contributed by atoms with Crippen LogP contribution in [0.5, 0.6) is 5.75 Å². The molecule has 0 saturated heterocycles. The highest BCUT2D eigenvalue weighted by atomic mass is 35.5. The molecular formula is C15H15ClN2O3. The van der Waals surface area contributed by atoms with E-state index in [2.05, 4.69) is 10.3 Å². The van der Waals surface area contributed by atoms with Gasteiger partial charge in [-0.3, -0.25) is 9.59 Å². The summed E-state index contributed by atoms with van der Waals surface area (Å²) in [6.45, 7) is 1.85. The number of H-pyrrole nitrogens is 1. The summed E-state index contributed by atoms with van der Waals surface area (Å²) >= 11 is 5.86. The van der Waals surface area contributed by atoms with Gasteiger partial charge in [0.2, 0.25) is 5.43 Å². The highest BCUT2D eigenvalue weighted by Crippen LogP contribution is 2.10. The normalized spacial score (nSPS) is 10.2. The van der Waals surface area contributed by atoms with Crippen molar-refractivity contribution >= 4 is 17.5 Å². The lowest BCUT2D eigenvalue weighted by atomic mass is 10.2. The molecule has 21 heavy (non-hydrogen) atoms. The fraction of sp³-hybridized carbons (Fsp3) is 0.200. The van der Waals surface area contributed by atoms with E-state index in [-0.39, 0.29) is 23.7 Å². The predicted molar refractivity (Wildman–Crippen MR) is 80.6 cm³/mol. The molecule has 5 nitrogen and oxygen atoms in total. The van der Waals surface area contributed by atoms with E-state index in [1.807, 2.05) is 12.1 Å². The van der Waals surface area contributed by atoms with Gasteiger partial charge in [0.15, 0.2) is 12.4 Å². The summed E-state index contributed by atoms with van der Waals surface area (Å²) in [7, 11) is 0. The largest absolute Gasteiger partial charge is 0.478 e. The average molecular weight is 307 g/mol. The second-order valence-corrected chi connectivity index (χ2v) is 4.93. The van der Waals surface area contributed by atoms with Crippen molar-refractivity contribution in [3.05, 3.63) is 63.0 Å². The zero-order chi connectivity index (χ0) is 15.2. The lowest BCUT2D eigenvalue weighted by Gasteiger charge is -2.09. The number of amides is 1. The summed E-state index contributed by atoms with van der Waals surface area (Å²) in [5, 5.41) is 3.32. The van der Waals surface area contributed by atoms with E-state index in [0.717, 1.165) is 5.56 Å². The van der Waals surface area contributed by atoms with Crippen LogP contribution in [0.3, 0.4) is 0 Å². The minimum atomic E-state index is -0.308. The third-order valence-electron chi connectivity index (χ3n) is 2.83. The summed E-state index contributed by atoms with van der Waals surface area (Å²) in [5.41, 5.74) is 1.23. The van der Waals surface area contributed by atoms with Crippen LogP contribution in [0.25, 0.3) is 0 Å². The Hall–Kier alpha value is -2.27. The molecule has 0 fully saturated rings. The summed E-state index contributed by atoms with van der Waals surface area (Å²) in [5.74, 6) is -0.145. The third-order valence-corrected chi connectivity index (χ3v) is 3.06. The molecule has 0 bridgehead atoms. The van der Waals surface area contributed by atoms with E-state index >= 15 is 0 Å². The van der Waals surface area contributed by atoms with Gasteiger partial charge in [-0.1, -0.05) is 23.7 Å². The van der Waals surface area contributed by atoms with Crippen molar-refractivity contribution in [2.75, 3.05) is 6.61 Å². The van der Waals surface area contributed by atoms with Crippen LogP contribution >= 0.6 is 11.6 Å². The molecule has 0 aliphatic heterocycles. The number of nitrogens with one attached hydrogen (secondary N) is 2. The van der Waals surface area contributed by atoms with Crippen molar-refractivity contribution in [3.8, 4) is 5.75 Å². The average Bonchev–Trinajstić information content (AvgIpc) is 2.45. The number of benzene rings is 1. The molecule has 0 saturated carbocycles. The predicted octanol–water partition coefficient (Wildman–Crippen LogP) is 2.03. The number of aromatic nitrogens is 1. The van der Waals surface area contributed by atoms with Gasteiger partial charge in [-0.05, 0) is 24.6 Å². The number of halogens is 1. The molecule has 6 heteroatoms. The molecule has 0 radical (unpaired) electrons. The van der Waals surface area contributed by atoms with Gasteiger partial charge in [0.05, 0.1) is 5.69 Å². The van der Waals surface area contributed by atoms with Crippen LogP contribution in [0, 0.1) is 6.92 Å². The molecule has 1 aromatic carbocycles. The van der Waals surface area contributed by atoms with E-state index in [9.17, 15) is 9.59 Å². The lowest BCUT2D eigenvalue weighted by molar-refractivity contribution is -0.123. The maximum absolute atomic E-state index is 11.7. The molecule has 0 spiro atoms. The van der Waals surface area contributed by atoms with Gasteiger partial charge >= 0.3 is 0 Å². The Bertz CT molecular complexity index is 697. The quantitative estimate of drug-likeness (QED) is 0.888. The van der Waals surface area contributed by atoms with Gasteiger partial charge in [0.1, 0.15) is 0 Å². The number of pyridine rings is 1. The molecule has 0 aliphatic rings. The van der Waals surface area contributed by atoms with Crippen LogP contribution < -0.4 is 15.5 Å². The monoisotopic (exact) mass is 306 g/mol. The Morgan fingerprint density at radius 2 is 2.19 bits per heavy atom. The molecule has 2 N–H and O–H groups in total. The molecule has 2 rings (SSSR count). The smallest absolute Gasteiger partial charge is 0.258 e. The van der Waals surface area contributed by atoms with Crippen molar-refractivity contribution in [2.45, 2.75) is 13.5 Å². The van der Waals surface area contributed by atoms with Gasteiger partial charge in [-0.15, -0.1) is 0 Å². The van der Waals surface area contributed by atoms with Gasteiger partial charge in [-0.2, -0.15) is 0 Å². The summed E-state index contributed by atoms with van der Waals surface area (Å²) in [6.07, 6.45) is 1.53. The zero-order valence-corrected chi connectivity index (χ0v) is 12.2. The van der Waals surface area contributed by atoms with Crippen molar-refractivity contribution in [2.24, 2.45) is 0 Å². The number of hydrogen-bond donors (Lipinski definition) is 2. The van der Waals surface area contributed by atoms with Crippen molar-refractivity contribution in [3.63, 3.8) is 0 Å². The Kier molecular flexibility index (Phi) is 5.00. The van der Waals surface area contributed by atoms with Crippen molar-refractivity contribution in [1.82, 2.24) is 10.3 Å². The molecule has 0 unspecified atom stereocenters. The number of hydrogen-bond acceptors (Lipinski definition) is 3. The van der Waals surface area contributed by atoms with E-state index < -0.39 is 0 Å². The Morgan fingerprint density at radius 1 is 1.38 bits per heavy atom. The van der Waals surface area contributed by atoms with Crippen LogP contribution in [-0.2, 0) is 11.3 Å². The van der Waals surface area contributed by atoms with Crippen molar-refractivity contribution in [1.29, 1.82) is 0 Å². The van der Waals surface area contributed by atoms with Gasteiger partial charge in [-0.25, -0.2) is 0 Å². The zero-order valence-electron chi connectivity index (χ0n) is 11.5. The number of carbonyl (C=O) groups excluding carboxylic acids is 1. The molecule has 0 atom stereocenters.